The fraction of sp³-hybridized carbons (Fsp3) is 1.00. The Bertz CT molecular complexity index is 141. The highest BCUT2D eigenvalue weighted by atomic mass is 35.5. The molecule has 1 rings (SSSR count). The van der Waals surface area contributed by atoms with Crippen LogP contribution < -0.4 is 5.32 Å². The molecule has 1 fully saturated rings. The van der Waals surface area contributed by atoms with E-state index in [-0.39, 0.29) is 18.8 Å². The molecular weight excluding hydrogens is 195 g/mol. The van der Waals surface area contributed by atoms with E-state index in [1.807, 2.05) is 0 Å². The van der Waals surface area contributed by atoms with Crippen molar-refractivity contribution in [3.05, 3.63) is 0 Å². The van der Waals surface area contributed by atoms with Gasteiger partial charge in [-0.3, -0.25) is 0 Å². The van der Waals surface area contributed by atoms with Gasteiger partial charge in [0.05, 0.1) is 6.10 Å². The van der Waals surface area contributed by atoms with Crippen molar-refractivity contribution in [3.63, 3.8) is 0 Å². The fourth-order valence-electron chi connectivity index (χ4n) is 1.21. The summed E-state index contributed by atoms with van der Waals surface area (Å²) >= 11 is 0. The summed E-state index contributed by atoms with van der Waals surface area (Å²) in [5, 5.41) is 11.2. The highest BCUT2D eigenvalue weighted by Gasteiger charge is 2.44. The van der Waals surface area contributed by atoms with E-state index in [1.165, 1.54) is 0 Å². The molecule has 6 heteroatoms. The Balaban J connectivity index is 0.00000121. The first-order valence-electron chi connectivity index (χ1n) is 3.50. The maximum Gasteiger partial charge on any atom is 0.406 e. The highest BCUT2D eigenvalue weighted by Crippen LogP contribution is 2.26. The van der Waals surface area contributed by atoms with Gasteiger partial charge in [0.1, 0.15) is 6.04 Å². The number of aliphatic hydroxyl groups excluding tert-OH is 1. The summed E-state index contributed by atoms with van der Waals surface area (Å²) in [6.07, 6.45) is -4.76. The molecule has 0 bridgehead atoms. The maximum absolute atomic E-state index is 12.0. The van der Waals surface area contributed by atoms with Gasteiger partial charge in [-0.2, -0.15) is 13.2 Å². The van der Waals surface area contributed by atoms with Crippen LogP contribution in [0.15, 0.2) is 0 Å². The summed E-state index contributed by atoms with van der Waals surface area (Å²) in [4.78, 5) is 0. The van der Waals surface area contributed by atoms with Crippen LogP contribution in [-0.2, 0) is 0 Å². The maximum atomic E-state index is 12.0. The van der Waals surface area contributed by atoms with Gasteiger partial charge < -0.3 is 10.4 Å². The Morgan fingerprint density at radius 1 is 1.33 bits per heavy atom. The van der Waals surface area contributed by atoms with Crippen molar-refractivity contribution in [2.75, 3.05) is 6.54 Å². The van der Waals surface area contributed by atoms with Crippen LogP contribution in [-0.4, -0.2) is 30.0 Å². The second-order valence-electron chi connectivity index (χ2n) is 2.68. The molecule has 1 aliphatic rings. The van der Waals surface area contributed by atoms with Crippen LogP contribution in [0.2, 0.25) is 0 Å². The molecular formula is C6H11ClF3NO. The van der Waals surface area contributed by atoms with Gasteiger partial charge in [-0.05, 0) is 19.4 Å². The Morgan fingerprint density at radius 2 is 1.92 bits per heavy atom. The minimum atomic E-state index is -4.32. The predicted molar refractivity (Wildman–Crippen MR) is 40.3 cm³/mol. The topological polar surface area (TPSA) is 32.3 Å². The van der Waals surface area contributed by atoms with Crippen LogP contribution in [0.1, 0.15) is 12.8 Å². The number of alkyl halides is 3. The van der Waals surface area contributed by atoms with Gasteiger partial charge in [-0.1, -0.05) is 0 Å². The first kappa shape index (κ1) is 12.0. The van der Waals surface area contributed by atoms with E-state index in [0.717, 1.165) is 0 Å². The van der Waals surface area contributed by atoms with Crippen molar-refractivity contribution >= 4 is 12.4 Å². The second-order valence-corrected chi connectivity index (χ2v) is 2.68. The quantitative estimate of drug-likeness (QED) is 0.621. The molecule has 0 aliphatic carbocycles. The zero-order chi connectivity index (χ0) is 8.48. The molecule has 0 aromatic carbocycles. The van der Waals surface area contributed by atoms with Crippen LogP contribution in [0.5, 0.6) is 0 Å². The summed E-state index contributed by atoms with van der Waals surface area (Å²) in [6.45, 7) is 0.335. The average Bonchev–Trinajstić information content (AvgIpc) is 1.86. The molecule has 2 nitrogen and oxygen atoms in total. The number of hydrogen-bond donors (Lipinski definition) is 2. The molecule has 0 aromatic heterocycles. The van der Waals surface area contributed by atoms with Crippen LogP contribution in [0, 0.1) is 0 Å². The molecule has 0 amide bonds. The average molecular weight is 206 g/mol. The SMILES string of the molecule is Cl.OC1CCCNC1C(F)(F)F. The third-order valence-electron chi connectivity index (χ3n) is 1.78. The molecule has 1 heterocycles. The first-order chi connectivity index (χ1) is 5.02. The minimum absolute atomic E-state index is 0. The number of halogens is 4. The monoisotopic (exact) mass is 205 g/mol. The number of hydrogen-bond acceptors (Lipinski definition) is 2. The highest BCUT2D eigenvalue weighted by molar-refractivity contribution is 5.85. The normalized spacial score (nSPS) is 31.0. The third kappa shape index (κ3) is 2.80. The van der Waals surface area contributed by atoms with Crippen molar-refractivity contribution in [2.24, 2.45) is 0 Å². The largest absolute Gasteiger partial charge is 0.406 e. The Morgan fingerprint density at radius 3 is 2.25 bits per heavy atom. The van der Waals surface area contributed by atoms with Gasteiger partial charge in [-0.25, -0.2) is 0 Å². The van der Waals surface area contributed by atoms with Crippen LogP contribution in [0.4, 0.5) is 13.2 Å². The van der Waals surface area contributed by atoms with Gasteiger partial charge >= 0.3 is 6.18 Å². The summed E-state index contributed by atoms with van der Waals surface area (Å²) in [5.41, 5.74) is 0. The van der Waals surface area contributed by atoms with E-state index in [1.54, 1.807) is 0 Å². The summed E-state index contributed by atoms with van der Waals surface area (Å²) in [7, 11) is 0. The zero-order valence-corrected chi connectivity index (χ0v) is 7.08. The molecule has 0 aromatic rings. The van der Waals surface area contributed by atoms with E-state index < -0.39 is 18.3 Å². The molecule has 2 unspecified atom stereocenters. The van der Waals surface area contributed by atoms with Gasteiger partial charge in [0.15, 0.2) is 0 Å². The lowest BCUT2D eigenvalue weighted by molar-refractivity contribution is -0.182. The van der Waals surface area contributed by atoms with Gasteiger partial charge in [0, 0.05) is 0 Å². The molecule has 1 aliphatic heterocycles. The Kier molecular flexibility index (Phi) is 4.30. The smallest absolute Gasteiger partial charge is 0.391 e. The van der Waals surface area contributed by atoms with E-state index in [9.17, 15) is 13.2 Å². The number of rotatable bonds is 0. The van der Waals surface area contributed by atoms with Gasteiger partial charge in [0.2, 0.25) is 0 Å². The van der Waals surface area contributed by atoms with Gasteiger partial charge in [0.25, 0.3) is 0 Å². The van der Waals surface area contributed by atoms with Crippen LogP contribution in [0.3, 0.4) is 0 Å². The lowest BCUT2D eigenvalue weighted by Gasteiger charge is -2.30. The van der Waals surface area contributed by atoms with Crippen LogP contribution >= 0.6 is 12.4 Å². The van der Waals surface area contributed by atoms with Crippen molar-refractivity contribution in [3.8, 4) is 0 Å². The number of nitrogens with one attached hydrogen (secondary N) is 1. The molecule has 0 spiro atoms. The molecule has 1 saturated heterocycles. The van der Waals surface area contributed by atoms with E-state index in [2.05, 4.69) is 5.32 Å². The van der Waals surface area contributed by atoms with Gasteiger partial charge in [-0.15, -0.1) is 12.4 Å². The first-order valence-corrected chi connectivity index (χ1v) is 3.50. The second kappa shape index (κ2) is 4.30. The molecule has 74 valence electrons. The summed E-state index contributed by atoms with van der Waals surface area (Å²) in [5.74, 6) is 0. The Labute approximate surface area is 74.6 Å². The summed E-state index contributed by atoms with van der Waals surface area (Å²) < 4.78 is 35.9. The molecule has 0 saturated carbocycles. The zero-order valence-electron chi connectivity index (χ0n) is 6.27. The lowest BCUT2D eigenvalue weighted by atomic mass is 10.0. The molecule has 0 radical (unpaired) electrons. The van der Waals surface area contributed by atoms with Crippen molar-refractivity contribution in [1.29, 1.82) is 0 Å². The fourth-order valence-corrected chi connectivity index (χ4v) is 1.21. The van der Waals surface area contributed by atoms with Crippen molar-refractivity contribution < 1.29 is 18.3 Å². The Hall–Kier alpha value is -0.0000000000000000555. The van der Waals surface area contributed by atoms with E-state index >= 15 is 0 Å². The lowest BCUT2D eigenvalue weighted by Crippen LogP contribution is -2.53. The van der Waals surface area contributed by atoms with E-state index in [0.29, 0.717) is 13.0 Å². The van der Waals surface area contributed by atoms with Crippen molar-refractivity contribution in [1.82, 2.24) is 5.32 Å². The molecule has 2 N–H and O–H groups in total. The van der Waals surface area contributed by atoms with Crippen LogP contribution in [0.25, 0.3) is 0 Å². The molecule has 2 atom stereocenters. The predicted octanol–water partition coefficient (Wildman–Crippen LogP) is 1.08. The third-order valence-corrected chi connectivity index (χ3v) is 1.78. The summed E-state index contributed by atoms with van der Waals surface area (Å²) in [6, 6.07) is -1.73. The molecule has 12 heavy (non-hydrogen) atoms. The van der Waals surface area contributed by atoms with Crippen molar-refractivity contribution in [2.45, 2.75) is 31.2 Å². The standard InChI is InChI=1S/C6H10F3NO.ClH/c7-6(8,9)5-4(11)2-1-3-10-5;/h4-5,10-11H,1-3H2;1H. The minimum Gasteiger partial charge on any atom is -0.391 e. The van der Waals surface area contributed by atoms with E-state index in [4.69, 9.17) is 5.11 Å². The number of piperidine rings is 1. The number of aliphatic hydroxyl groups is 1.